The van der Waals surface area contributed by atoms with E-state index in [1.54, 1.807) is 11.3 Å². The van der Waals surface area contributed by atoms with E-state index >= 15 is 0 Å². The summed E-state index contributed by atoms with van der Waals surface area (Å²) in [6.45, 7) is 5.46. The Bertz CT molecular complexity index is 632. The zero-order chi connectivity index (χ0) is 15.4. The van der Waals surface area contributed by atoms with E-state index in [0.717, 1.165) is 40.3 Å². The van der Waals surface area contributed by atoms with Crippen molar-refractivity contribution in [2.24, 2.45) is 0 Å². The number of ether oxygens (including phenoxy) is 2. The summed E-state index contributed by atoms with van der Waals surface area (Å²) >= 11 is 1.58. The molecule has 1 aromatic heterocycles. The first-order chi connectivity index (χ1) is 10.8. The molecule has 1 aliphatic heterocycles. The van der Waals surface area contributed by atoms with Gasteiger partial charge in [0, 0.05) is 13.7 Å². The van der Waals surface area contributed by atoms with E-state index < -0.39 is 0 Å². The summed E-state index contributed by atoms with van der Waals surface area (Å²) in [6.07, 6.45) is 0. The van der Waals surface area contributed by atoms with Crippen molar-refractivity contribution in [3.63, 3.8) is 0 Å². The Labute approximate surface area is 134 Å². The van der Waals surface area contributed by atoms with Crippen molar-refractivity contribution in [1.29, 1.82) is 0 Å². The Morgan fingerprint density at radius 2 is 2.23 bits per heavy atom. The second kappa shape index (κ2) is 6.93. The lowest BCUT2D eigenvalue weighted by Crippen LogP contribution is -2.29. The summed E-state index contributed by atoms with van der Waals surface area (Å²) in [5, 5.41) is 13.6. The van der Waals surface area contributed by atoms with E-state index in [-0.39, 0.29) is 0 Å². The predicted molar refractivity (Wildman–Crippen MR) is 87.8 cm³/mol. The maximum Gasteiger partial charge on any atom is 0.144 e. The van der Waals surface area contributed by atoms with E-state index in [1.807, 2.05) is 19.1 Å². The standard InChI is InChI=1S/C15H20N4O2S/c1-3-20-10-14-18-17-13(22-14)9-16-11-5-4-6-12-15(11)19(2)7-8-21-12/h4-6,16H,3,7-10H2,1-2H3. The highest BCUT2D eigenvalue weighted by atomic mass is 32.1. The van der Waals surface area contributed by atoms with Crippen LogP contribution in [-0.4, -0.2) is 37.0 Å². The average Bonchev–Trinajstić information content (AvgIpc) is 2.99. The Balaban J connectivity index is 1.68. The SMILES string of the molecule is CCOCc1nnc(CNc2cccc3c2N(C)CCO3)s1. The molecular weight excluding hydrogens is 300 g/mol. The summed E-state index contributed by atoms with van der Waals surface area (Å²) in [4.78, 5) is 2.21. The van der Waals surface area contributed by atoms with Crippen LogP contribution in [0.15, 0.2) is 18.2 Å². The third kappa shape index (κ3) is 3.31. The number of likely N-dealkylation sites (N-methyl/N-ethyl adjacent to an activating group) is 1. The fraction of sp³-hybridized carbons (Fsp3) is 0.467. The van der Waals surface area contributed by atoms with Crippen LogP contribution in [0.4, 0.5) is 11.4 Å². The van der Waals surface area contributed by atoms with Gasteiger partial charge in [-0.3, -0.25) is 0 Å². The normalized spacial score (nSPS) is 13.6. The van der Waals surface area contributed by atoms with Crippen molar-refractivity contribution in [3.05, 3.63) is 28.2 Å². The molecule has 0 amide bonds. The molecule has 1 aromatic carbocycles. The first kappa shape index (κ1) is 15.1. The van der Waals surface area contributed by atoms with Crippen molar-refractivity contribution in [2.45, 2.75) is 20.1 Å². The van der Waals surface area contributed by atoms with Gasteiger partial charge in [-0.05, 0) is 19.1 Å². The minimum Gasteiger partial charge on any atom is -0.489 e. The molecule has 22 heavy (non-hydrogen) atoms. The van der Waals surface area contributed by atoms with Gasteiger partial charge >= 0.3 is 0 Å². The third-order valence-corrected chi connectivity index (χ3v) is 4.33. The van der Waals surface area contributed by atoms with Crippen molar-refractivity contribution < 1.29 is 9.47 Å². The Kier molecular flexibility index (Phi) is 4.74. The summed E-state index contributed by atoms with van der Waals surface area (Å²) in [5.74, 6) is 0.924. The van der Waals surface area contributed by atoms with Crippen LogP contribution in [0.1, 0.15) is 16.9 Å². The predicted octanol–water partition coefficient (Wildman–Crippen LogP) is 2.52. The molecule has 0 atom stereocenters. The average molecular weight is 320 g/mol. The lowest BCUT2D eigenvalue weighted by molar-refractivity contribution is 0.133. The molecular formula is C15H20N4O2S. The zero-order valence-corrected chi connectivity index (χ0v) is 13.7. The number of fused-ring (bicyclic) bond motifs is 1. The highest BCUT2D eigenvalue weighted by Crippen LogP contribution is 2.37. The molecule has 0 unspecified atom stereocenters. The van der Waals surface area contributed by atoms with Crippen molar-refractivity contribution in [3.8, 4) is 5.75 Å². The summed E-state index contributed by atoms with van der Waals surface area (Å²) in [7, 11) is 2.08. The summed E-state index contributed by atoms with van der Waals surface area (Å²) in [6, 6.07) is 6.06. The molecule has 0 spiro atoms. The molecule has 118 valence electrons. The molecule has 0 saturated carbocycles. The van der Waals surface area contributed by atoms with Gasteiger partial charge in [0.05, 0.1) is 18.8 Å². The third-order valence-electron chi connectivity index (χ3n) is 3.43. The van der Waals surface area contributed by atoms with Gasteiger partial charge in [0.25, 0.3) is 0 Å². The number of anilines is 2. The first-order valence-corrected chi connectivity index (χ1v) is 8.19. The van der Waals surface area contributed by atoms with Crippen LogP contribution in [0.25, 0.3) is 0 Å². The molecule has 0 bridgehead atoms. The van der Waals surface area contributed by atoms with Gasteiger partial charge in [-0.25, -0.2) is 0 Å². The number of hydrogen-bond donors (Lipinski definition) is 1. The second-order valence-electron chi connectivity index (χ2n) is 5.00. The van der Waals surface area contributed by atoms with E-state index in [9.17, 15) is 0 Å². The minimum absolute atomic E-state index is 0.533. The Morgan fingerprint density at radius 3 is 3.09 bits per heavy atom. The van der Waals surface area contributed by atoms with Crippen LogP contribution in [0.5, 0.6) is 5.75 Å². The Morgan fingerprint density at radius 1 is 1.36 bits per heavy atom. The maximum atomic E-state index is 5.71. The molecule has 7 heteroatoms. The van der Waals surface area contributed by atoms with Crippen molar-refractivity contribution in [1.82, 2.24) is 10.2 Å². The fourth-order valence-electron chi connectivity index (χ4n) is 2.36. The summed E-state index contributed by atoms with van der Waals surface area (Å²) in [5.41, 5.74) is 2.16. The quantitative estimate of drug-likeness (QED) is 0.882. The molecule has 0 saturated heterocycles. The van der Waals surface area contributed by atoms with Crippen LogP contribution >= 0.6 is 11.3 Å². The van der Waals surface area contributed by atoms with Crippen LogP contribution in [-0.2, 0) is 17.9 Å². The van der Waals surface area contributed by atoms with Gasteiger partial charge in [-0.1, -0.05) is 17.4 Å². The van der Waals surface area contributed by atoms with Crippen LogP contribution in [0.2, 0.25) is 0 Å². The number of aromatic nitrogens is 2. The number of nitrogens with one attached hydrogen (secondary N) is 1. The lowest BCUT2D eigenvalue weighted by atomic mass is 10.2. The van der Waals surface area contributed by atoms with Crippen LogP contribution in [0.3, 0.4) is 0 Å². The monoisotopic (exact) mass is 320 g/mol. The van der Waals surface area contributed by atoms with Gasteiger partial charge in [0.1, 0.15) is 34.7 Å². The zero-order valence-electron chi connectivity index (χ0n) is 12.8. The molecule has 1 N–H and O–H groups in total. The molecule has 0 radical (unpaired) electrons. The van der Waals surface area contributed by atoms with Gasteiger partial charge in [0.15, 0.2) is 0 Å². The lowest BCUT2D eigenvalue weighted by Gasteiger charge is -2.29. The molecule has 2 aromatic rings. The summed E-state index contributed by atoms with van der Waals surface area (Å²) < 4.78 is 11.1. The molecule has 0 aliphatic carbocycles. The van der Waals surface area contributed by atoms with Gasteiger partial charge < -0.3 is 19.7 Å². The highest BCUT2D eigenvalue weighted by Gasteiger charge is 2.18. The molecule has 1 aliphatic rings. The first-order valence-electron chi connectivity index (χ1n) is 7.37. The fourth-order valence-corrected chi connectivity index (χ4v) is 3.08. The van der Waals surface area contributed by atoms with Crippen LogP contribution < -0.4 is 15.0 Å². The number of rotatable bonds is 6. The Hall–Kier alpha value is -1.86. The molecule has 2 heterocycles. The molecule has 0 fully saturated rings. The largest absolute Gasteiger partial charge is 0.489 e. The molecule has 3 rings (SSSR count). The van der Waals surface area contributed by atoms with E-state index in [2.05, 4.69) is 33.5 Å². The highest BCUT2D eigenvalue weighted by molar-refractivity contribution is 7.11. The van der Waals surface area contributed by atoms with Crippen molar-refractivity contribution >= 4 is 22.7 Å². The maximum absolute atomic E-state index is 5.71. The number of para-hydroxylation sites is 1. The van der Waals surface area contributed by atoms with Gasteiger partial charge in [-0.15, -0.1) is 10.2 Å². The van der Waals surface area contributed by atoms with Gasteiger partial charge in [0.2, 0.25) is 0 Å². The smallest absolute Gasteiger partial charge is 0.144 e. The van der Waals surface area contributed by atoms with E-state index in [1.165, 1.54) is 0 Å². The van der Waals surface area contributed by atoms with E-state index in [0.29, 0.717) is 19.8 Å². The topological polar surface area (TPSA) is 59.5 Å². The van der Waals surface area contributed by atoms with Crippen LogP contribution in [0, 0.1) is 0 Å². The second-order valence-corrected chi connectivity index (χ2v) is 6.15. The number of nitrogens with zero attached hydrogens (tertiary/aromatic N) is 3. The minimum atomic E-state index is 0.533. The number of hydrogen-bond acceptors (Lipinski definition) is 7. The van der Waals surface area contributed by atoms with Crippen molar-refractivity contribution in [2.75, 3.05) is 37.0 Å². The molecule has 6 nitrogen and oxygen atoms in total. The van der Waals surface area contributed by atoms with E-state index in [4.69, 9.17) is 9.47 Å². The number of benzene rings is 1. The van der Waals surface area contributed by atoms with Gasteiger partial charge in [-0.2, -0.15) is 0 Å².